The van der Waals surface area contributed by atoms with Crippen LogP contribution in [0.4, 0.5) is 0 Å². The van der Waals surface area contributed by atoms with E-state index < -0.39 is 0 Å². The van der Waals surface area contributed by atoms with Crippen molar-refractivity contribution in [3.8, 4) is 11.8 Å². The Balaban J connectivity index is 2.75. The minimum absolute atomic E-state index is 0.0688. The van der Waals surface area contributed by atoms with E-state index in [0.717, 1.165) is 4.88 Å². The van der Waals surface area contributed by atoms with Crippen molar-refractivity contribution < 1.29 is 14.6 Å². The number of amides is 1. The lowest BCUT2D eigenvalue weighted by Gasteiger charge is -2.20. The van der Waals surface area contributed by atoms with Crippen LogP contribution in [0.5, 0.6) is 0 Å². The van der Waals surface area contributed by atoms with Gasteiger partial charge in [0.1, 0.15) is 0 Å². The molecule has 6 heteroatoms. The summed E-state index contributed by atoms with van der Waals surface area (Å²) in [5.41, 5.74) is 5.30. The number of hydrogen-bond donors (Lipinski definition) is 2. The highest BCUT2D eigenvalue weighted by Gasteiger charge is 2.16. The summed E-state index contributed by atoms with van der Waals surface area (Å²) in [5.74, 6) is 5.53. The Labute approximate surface area is 117 Å². The van der Waals surface area contributed by atoms with Crippen LogP contribution in [0.2, 0.25) is 0 Å². The summed E-state index contributed by atoms with van der Waals surface area (Å²) in [7, 11) is 1.58. The summed E-state index contributed by atoms with van der Waals surface area (Å²) in [6.07, 6.45) is 0. The highest BCUT2D eigenvalue weighted by molar-refractivity contribution is 7.14. The summed E-state index contributed by atoms with van der Waals surface area (Å²) >= 11 is 1.33. The SMILES string of the molecule is COCCN(CCO)C(=O)c1ccc(C#CCN)s1. The quantitative estimate of drug-likeness (QED) is 0.728. The third-order valence-corrected chi connectivity index (χ3v) is 3.34. The molecule has 0 atom stereocenters. The van der Waals surface area contributed by atoms with Gasteiger partial charge in [0, 0.05) is 20.2 Å². The van der Waals surface area contributed by atoms with Crippen LogP contribution in [0, 0.1) is 11.8 Å². The van der Waals surface area contributed by atoms with Gasteiger partial charge in [-0.15, -0.1) is 11.3 Å². The number of carbonyl (C=O) groups excluding carboxylic acids is 1. The molecule has 0 aliphatic carbocycles. The maximum Gasteiger partial charge on any atom is 0.264 e. The number of methoxy groups -OCH3 is 1. The van der Waals surface area contributed by atoms with E-state index in [4.69, 9.17) is 15.6 Å². The molecule has 104 valence electrons. The fraction of sp³-hybridized carbons (Fsp3) is 0.462. The van der Waals surface area contributed by atoms with Gasteiger partial charge in [-0.05, 0) is 12.1 Å². The maximum absolute atomic E-state index is 12.2. The lowest BCUT2D eigenvalue weighted by molar-refractivity contribution is 0.0661. The second-order valence-electron chi connectivity index (χ2n) is 3.68. The van der Waals surface area contributed by atoms with E-state index in [9.17, 15) is 4.79 Å². The van der Waals surface area contributed by atoms with Gasteiger partial charge in [-0.3, -0.25) is 4.79 Å². The predicted octanol–water partition coefficient (Wildman–Crippen LogP) is 0.139. The van der Waals surface area contributed by atoms with Gasteiger partial charge in [-0.1, -0.05) is 11.8 Å². The zero-order valence-corrected chi connectivity index (χ0v) is 11.7. The number of carbonyl (C=O) groups is 1. The number of nitrogens with zero attached hydrogens (tertiary/aromatic N) is 1. The van der Waals surface area contributed by atoms with E-state index in [1.807, 2.05) is 0 Å². The summed E-state index contributed by atoms with van der Waals surface area (Å²) in [6, 6.07) is 3.54. The number of ether oxygens (including phenoxy) is 1. The van der Waals surface area contributed by atoms with Gasteiger partial charge < -0.3 is 20.5 Å². The van der Waals surface area contributed by atoms with Crippen molar-refractivity contribution in [3.63, 3.8) is 0 Å². The Kier molecular flexibility index (Phi) is 7.15. The second-order valence-corrected chi connectivity index (χ2v) is 4.76. The average molecular weight is 282 g/mol. The third-order valence-electron chi connectivity index (χ3n) is 2.35. The minimum atomic E-state index is -0.114. The number of hydrogen-bond acceptors (Lipinski definition) is 5. The maximum atomic E-state index is 12.2. The zero-order chi connectivity index (χ0) is 14.1. The lowest BCUT2D eigenvalue weighted by atomic mass is 10.3. The minimum Gasteiger partial charge on any atom is -0.395 e. The molecule has 0 saturated carbocycles. The number of nitrogens with two attached hydrogens (primary N) is 1. The number of rotatable bonds is 6. The molecule has 0 aliphatic heterocycles. The first-order chi connectivity index (χ1) is 9.22. The van der Waals surface area contributed by atoms with Crippen molar-refractivity contribution in [2.24, 2.45) is 5.73 Å². The first-order valence-corrected chi connectivity index (χ1v) is 6.72. The van der Waals surface area contributed by atoms with Gasteiger partial charge in [0.05, 0.1) is 29.5 Å². The number of aliphatic hydroxyl groups excluding tert-OH is 1. The molecular formula is C13H18N2O3S. The molecule has 0 bridgehead atoms. The van der Waals surface area contributed by atoms with Gasteiger partial charge in [0.15, 0.2) is 0 Å². The Morgan fingerprint density at radius 3 is 2.95 bits per heavy atom. The fourth-order valence-corrected chi connectivity index (χ4v) is 2.30. The van der Waals surface area contributed by atoms with Crippen molar-refractivity contribution in [3.05, 3.63) is 21.9 Å². The van der Waals surface area contributed by atoms with Crippen LogP contribution in [-0.4, -0.2) is 55.9 Å². The molecule has 0 aliphatic rings. The molecule has 19 heavy (non-hydrogen) atoms. The first-order valence-electron chi connectivity index (χ1n) is 5.90. The Morgan fingerprint density at radius 1 is 1.53 bits per heavy atom. The molecule has 0 unspecified atom stereocenters. The Morgan fingerprint density at radius 2 is 2.32 bits per heavy atom. The van der Waals surface area contributed by atoms with Gasteiger partial charge in [0.2, 0.25) is 0 Å². The van der Waals surface area contributed by atoms with Crippen LogP contribution in [0.1, 0.15) is 14.5 Å². The van der Waals surface area contributed by atoms with Crippen molar-refractivity contribution in [1.82, 2.24) is 4.90 Å². The molecule has 5 nitrogen and oxygen atoms in total. The summed E-state index contributed by atoms with van der Waals surface area (Å²) in [4.78, 5) is 15.2. The second kappa shape index (κ2) is 8.67. The van der Waals surface area contributed by atoms with Gasteiger partial charge >= 0.3 is 0 Å². The van der Waals surface area contributed by atoms with E-state index in [1.165, 1.54) is 11.3 Å². The largest absolute Gasteiger partial charge is 0.395 e. The van der Waals surface area contributed by atoms with Gasteiger partial charge in [0.25, 0.3) is 5.91 Å². The molecule has 0 saturated heterocycles. The van der Waals surface area contributed by atoms with Crippen LogP contribution >= 0.6 is 11.3 Å². The van der Waals surface area contributed by atoms with Gasteiger partial charge in [-0.2, -0.15) is 0 Å². The summed E-state index contributed by atoms with van der Waals surface area (Å²) in [5, 5.41) is 8.99. The summed E-state index contributed by atoms with van der Waals surface area (Å²) < 4.78 is 4.95. The van der Waals surface area contributed by atoms with Gasteiger partial charge in [-0.25, -0.2) is 0 Å². The van der Waals surface area contributed by atoms with E-state index in [0.29, 0.717) is 31.1 Å². The van der Waals surface area contributed by atoms with Crippen LogP contribution in [-0.2, 0) is 4.74 Å². The fourth-order valence-electron chi connectivity index (χ4n) is 1.45. The first kappa shape index (κ1) is 15.7. The molecule has 0 fully saturated rings. The molecule has 1 rings (SSSR count). The predicted molar refractivity (Wildman–Crippen MR) is 75.1 cm³/mol. The third kappa shape index (κ3) is 5.01. The van der Waals surface area contributed by atoms with Crippen LogP contribution in [0.3, 0.4) is 0 Å². The number of thiophene rings is 1. The number of aliphatic hydroxyl groups is 1. The molecule has 0 aromatic carbocycles. The van der Waals surface area contributed by atoms with E-state index >= 15 is 0 Å². The summed E-state index contributed by atoms with van der Waals surface area (Å²) in [6.45, 7) is 1.42. The normalized spacial score (nSPS) is 9.84. The van der Waals surface area contributed by atoms with Crippen molar-refractivity contribution in [2.45, 2.75) is 0 Å². The molecule has 1 aromatic rings. The van der Waals surface area contributed by atoms with E-state index in [2.05, 4.69) is 11.8 Å². The Hall–Kier alpha value is -1.39. The molecule has 0 spiro atoms. The Bertz CT molecular complexity index is 462. The zero-order valence-electron chi connectivity index (χ0n) is 10.9. The van der Waals surface area contributed by atoms with Crippen molar-refractivity contribution in [1.29, 1.82) is 0 Å². The van der Waals surface area contributed by atoms with E-state index in [-0.39, 0.29) is 12.5 Å². The van der Waals surface area contributed by atoms with Crippen molar-refractivity contribution in [2.75, 3.05) is 40.0 Å². The average Bonchev–Trinajstić information content (AvgIpc) is 2.89. The molecule has 1 amide bonds. The molecular weight excluding hydrogens is 264 g/mol. The van der Waals surface area contributed by atoms with Crippen molar-refractivity contribution >= 4 is 17.2 Å². The smallest absolute Gasteiger partial charge is 0.264 e. The monoisotopic (exact) mass is 282 g/mol. The molecule has 0 radical (unpaired) electrons. The molecule has 1 heterocycles. The lowest BCUT2D eigenvalue weighted by Crippen LogP contribution is -2.35. The topological polar surface area (TPSA) is 75.8 Å². The molecule has 3 N–H and O–H groups in total. The van der Waals surface area contributed by atoms with Crippen LogP contribution in [0.15, 0.2) is 12.1 Å². The highest BCUT2D eigenvalue weighted by atomic mass is 32.1. The van der Waals surface area contributed by atoms with Crippen LogP contribution in [0.25, 0.3) is 0 Å². The molecule has 1 aromatic heterocycles. The highest BCUT2D eigenvalue weighted by Crippen LogP contribution is 2.17. The van der Waals surface area contributed by atoms with Crippen LogP contribution < -0.4 is 5.73 Å². The standard InChI is InChI=1S/C13H18N2O3S/c1-18-10-8-15(7-9-16)13(17)12-5-4-11(19-12)3-2-6-14/h4-5,16H,6-10,14H2,1H3. The van der Waals surface area contributed by atoms with E-state index in [1.54, 1.807) is 24.1 Å².